The third kappa shape index (κ3) is 3.13. The lowest BCUT2D eigenvalue weighted by Crippen LogP contribution is -2.48. The number of aryl methyl sites for hydroxylation is 2. The van der Waals surface area contributed by atoms with Gasteiger partial charge in [0.2, 0.25) is 0 Å². The molecular weight excluding hydrogens is 284 g/mol. The zero-order valence-electron chi connectivity index (χ0n) is 13.4. The van der Waals surface area contributed by atoms with Gasteiger partial charge in [0.1, 0.15) is 5.15 Å². The van der Waals surface area contributed by atoms with E-state index in [1.54, 1.807) is 4.68 Å². The molecule has 2 aliphatic heterocycles. The molecule has 1 aromatic heterocycles. The molecule has 21 heavy (non-hydrogen) atoms. The van der Waals surface area contributed by atoms with Crippen molar-refractivity contribution in [3.05, 3.63) is 16.4 Å². The zero-order valence-corrected chi connectivity index (χ0v) is 14.2. The molecule has 2 aliphatic rings. The average Bonchev–Trinajstić information content (AvgIpc) is 2.91. The van der Waals surface area contributed by atoms with Crippen LogP contribution in [0.5, 0.6) is 0 Å². The number of hydrogen-bond donors (Lipinski definition) is 1. The van der Waals surface area contributed by atoms with E-state index in [-0.39, 0.29) is 0 Å². The minimum Gasteiger partial charge on any atom is -0.311 e. The molecule has 0 radical (unpaired) electrons. The average molecular weight is 311 g/mol. The van der Waals surface area contributed by atoms with Crippen LogP contribution in [0.4, 0.5) is 0 Å². The van der Waals surface area contributed by atoms with Gasteiger partial charge in [-0.25, -0.2) is 0 Å². The third-order valence-electron chi connectivity index (χ3n) is 5.11. The molecule has 4 nitrogen and oxygen atoms in total. The minimum atomic E-state index is 0.694. The molecule has 118 valence electrons. The first-order valence-electron chi connectivity index (χ1n) is 8.26. The Morgan fingerprint density at radius 3 is 2.52 bits per heavy atom. The second-order valence-electron chi connectivity index (χ2n) is 6.71. The SMILES string of the molecule is CCCN(Cc1c(C)nn(C)c1Cl)C1CC2CCC(C1)N2. The van der Waals surface area contributed by atoms with Gasteiger partial charge in [0.15, 0.2) is 0 Å². The van der Waals surface area contributed by atoms with E-state index in [1.807, 2.05) is 7.05 Å². The van der Waals surface area contributed by atoms with Gasteiger partial charge in [0.05, 0.1) is 5.69 Å². The van der Waals surface area contributed by atoms with Crippen molar-refractivity contribution in [2.45, 2.75) is 70.6 Å². The van der Waals surface area contributed by atoms with E-state index in [4.69, 9.17) is 11.6 Å². The van der Waals surface area contributed by atoms with Gasteiger partial charge in [-0.1, -0.05) is 18.5 Å². The van der Waals surface area contributed by atoms with Crippen LogP contribution in [0.15, 0.2) is 0 Å². The highest BCUT2D eigenvalue weighted by atomic mass is 35.5. The van der Waals surface area contributed by atoms with Gasteiger partial charge in [0.25, 0.3) is 0 Å². The molecule has 3 rings (SSSR count). The number of rotatable bonds is 5. The fourth-order valence-electron chi connectivity index (χ4n) is 4.06. The second-order valence-corrected chi connectivity index (χ2v) is 7.07. The monoisotopic (exact) mass is 310 g/mol. The highest BCUT2D eigenvalue weighted by Gasteiger charge is 2.36. The summed E-state index contributed by atoms with van der Waals surface area (Å²) in [6, 6.07) is 2.16. The van der Waals surface area contributed by atoms with Gasteiger partial charge in [-0.05, 0) is 45.6 Å². The van der Waals surface area contributed by atoms with Crippen LogP contribution in [-0.4, -0.2) is 39.4 Å². The Balaban J connectivity index is 1.75. The van der Waals surface area contributed by atoms with Crippen molar-refractivity contribution in [1.29, 1.82) is 0 Å². The summed E-state index contributed by atoms with van der Waals surface area (Å²) < 4.78 is 1.79. The van der Waals surface area contributed by atoms with Gasteiger partial charge < -0.3 is 5.32 Å². The summed E-state index contributed by atoms with van der Waals surface area (Å²) in [5.41, 5.74) is 2.28. The molecule has 1 aromatic rings. The Kier molecular flexibility index (Phi) is 4.57. The first-order valence-corrected chi connectivity index (χ1v) is 8.64. The Hall–Kier alpha value is -0.580. The normalized spacial score (nSPS) is 28.5. The van der Waals surface area contributed by atoms with Crippen molar-refractivity contribution >= 4 is 11.6 Å². The maximum Gasteiger partial charge on any atom is 0.131 e. The van der Waals surface area contributed by atoms with Gasteiger partial charge in [0, 0.05) is 37.3 Å². The molecule has 0 saturated carbocycles. The largest absolute Gasteiger partial charge is 0.311 e. The van der Waals surface area contributed by atoms with Crippen LogP contribution in [0.2, 0.25) is 5.15 Å². The summed E-state index contributed by atoms with van der Waals surface area (Å²) in [5, 5.41) is 8.99. The standard InChI is InChI=1S/C16H27ClN4/c1-4-7-21(10-15-11(2)19-20(3)16(15)17)14-8-12-5-6-13(9-14)18-12/h12-14,18H,4-10H2,1-3H3. The second kappa shape index (κ2) is 6.27. The number of aromatic nitrogens is 2. The smallest absolute Gasteiger partial charge is 0.131 e. The van der Waals surface area contributed by atoms with Crippen LogP contribution in [0.25, 0.3) is 0 Å². The van der Waals surface area contributed by atoms with Gasteiger partial charge in [-0.15, -0.1) is 0 Å². The maximum atomic E-state index is 6.43. The summed E-state index contributed by atoms with van der Waals surface area (Å²) in [6.07, 6.45) is 6.47. The van der Waals surface area contributed by atoms with Crippen LogP contribution < -0.4 is 5.32 Å². The summed E-state index contributed by atoms with van der Waals surface area (Å²) in [6.45, 7) is 6.42. The molecule has 2 bridgehead atoms. The highest BCUT2D eigenvalue weighted by Crippen LogP contribution is 2.31. The van der Waals surface area contributed by atoms with Crippen molar-refractivity contribution in [2.24, 2.45) is 7.05 Å². The number of hydrogen-bond acceptors (Lipinski definition) is 3. The van der Waals surface area contributed by atoms with Gasteiger partial charge >= 0.3 is 0 Å². The van der Waals surface area contributed by atoms with E-state index in [0.717, 1.165) is 36.0 Å². The van der Waals surface area contributed by atoms with E-state index in [9.17, 15) is 0 Å². The van der Waals surface area contributed by atoms with E-state index < -0.39 is 0 Å². The van der Waals surface area contributed by atoms with E-state index in [1.165, 1.54) is 37.7 Å². The topological polar surface area (TPSA) is 33.1 Å². The van der Waals surface area contributed by atoms with Crippen LogP contribution in [0.3, 0.4) is 0 Å². The van der Waals surface area contributed by atoms with Crippen molar-refractivity contribution < 1.29 is 0 Å². The van der Waals surface area contributed by atoms with Crippen molar-refractivity contribution in [1.82, 2.24) is 20.0 Å². The first-order chi connectivity index (χ1) is 10.1. The maximum absolute atomic E-state index is 6.43. The van der Waals surface area contributed by atoms with Crippen LogP contribution >= 0.6 is 11.6 Å². The Labute approximate surface area is 132 Å². The number of nitrogens with one attached hydrogen (secondary N) is 1. The molecule has 2 saturated heterocycles. The summed E-state index contributed by atoms with van der Waals surface area (Å²) >= 11 is 6.43. The molecule has 3 heterocycles. The lowest BCUT2D eigenvalue weighted by Gasteiger charge is -2.37. The Morgan fingerprint density at radius 1 is 1.33 bits per heavy atom. The van der Waals surface area contributed by atoms with Crippen LogP contribution in [0.1, 0.15) is 50.3 Å². The van der Waals surface area contributed by atoms with E-state index in [2.05, 4.69) is 29.2 Å². The molecule has 2 unspecified atom stereocenters. The van der Waals surface area contributed by atoms with Gasteiger partial charge in [-0.3, -0.25) is 9.58 Å². The molecule has 1 N–H and O–H groups in total. The predicted molar refractivity (Wildman–Crippen MR) is 86.6 cm³/mol. The molecule has 0 spiro atoms. The number of piperidine rings is 1. The van der Waals surface area contributed by atoms with Crippen molar-refractivity contribution in [2.75, 3.05) is 6.54 Å². The predicted octanol–water partition coefficient (Wildman–Crippen LogP) is 2.88. The minimum absolute atomic E-state index is 0.694. The Morgan fingerprint density at radius 2 is 2.00 bits per heavy atom. The lowest BCUT2D eigenvalue weighted by atomic mass is 9.97. The van der Waals surface area contributed by atoms with Gasteiger partial charge in [-0.2, -0.15) is 5.10 Å². The lowest BCUT2D eigenvalue weighted by molar-refractivity contribution is 0.133. The fraction of sp³-hybridized carbons (Fsp3) is 0.812. The molecule has 0 aliphatic carbocycles. The number of halogens is 1. The van der Waals surface area contributed by atoms with E-state index >= 15 is 0 Å². The molecule has 5 heteroatoms. The number of nitrogens with zero attached hydrogens (tertiary/aromatic N) is 3. The summed E-state index contributed by atoms with van der Waals surface area (Å²) in [5.74, 6) is 0. The molecular formula is C16H27ClN4. The summed E-state index contributed by atoms with van der Waals surface area (Å²) in [7, 11) is 1.92. The molecule has 2 atom stereocenters. The molecule has 0 aromatic carbocycles. The highest BCUT2D eigenvalue weighted by molar-refractivity contribution is 6.30. The van der Waals surface area contributed by atoms with Crippen LogP contribution in [0, 0.1) is 6.92 Å². The molecule has 0 amide bonds. The molecule has 2 fully saturated rings. The van der Waals surface area contributed by atoms with E-state index in [0.29, 0.717) is 6.04 Å². The quantitative estimate of drug-likeness (QED) is 0.908. The third-order valence-corrected chi connectivity index (χ3v) is 5.58. The van der Waals surface area contributed by atoms with Crippen LogP contribution in [-0.2, 0) is 13.6 Å². The zero-order chi connectivity index (χ0) is 15.0. The first kappa shape index (κ1) is 15.3. The number of fused-ring (bicyclic) bond motifs is 2. The summed E-state index contributed by atoms with van der Waals surface area (Å²) in [4.78, 5) is 2.64. The fourth-order valence-corrected chi connectivity index (χ4v) is 4.29. The Bertz CT molecular complexity index is 487. The van der Waals surface area contributed by atoms with Crippen molar-refractivity contribution in [3.8, 4) is 0 Å². The van der Waals surface area contributed by atoms with Crippen molar-refractivity contribution in [3.63, 3.8) is 0 Å².